The standard InChI is InChI=1S/C27H27F5N2O5S/c1-16(2)25(34-19-6-3-17(4-7-19)26(35)33-11-12-40(36,37)38)15-39-20-8-10-22(24(29)14-20)21-9-5-18(13-23(21)28)27(30,31)32/h3-10,13-14,16,25,34H,11-12,15H2,1-2H3,(H,33,35)(H,36,37,38). The minimum Gasteiger partial charge on any atom is -0.491 e. The molecule has 0 aliphatic carbocycles. The highest BCUT2D eigenvalue weighted by atomic mass is 32.2. The number of benzene rings is 3. The fraction of sp³-hybridized carbons (Fsp3) is 0.296. The van der Waals surface area contributed by atoms with E-state index in [1.807, 2.05) is 13.8 Å². The predicted octanol–water partition coefficient (Wildman–Crippen LogP) is 5.78. The summed E-state index contributed by atoms with van der Waals surface area (Å²) in [6, 6.07) is 11.6. The van der Waals surface area contributed by atoms with Crippen molar-refractivity contribution in [2.45, 2.75) is 26.1 Å². The fourth-order valence-electron chi connectivity index (χ4n) is 3.63. The van der Waals surface area contributed by atoms with Crippen molar-refractivity contribution in [2.75, 3.05) is 24.2 Å². The Morgan fingerprint density at radius 2 is 1.55 bits per heavy atom. The van der Waals surface area contributed by atoms with Crippen LogP contribution < -0.4 is 15.4 Å². The van der Waals surface area contributed by atoms with Crippen molar-refractivity contribution in [3.63, 3.8) is 0 Å². The lowest BCUT2D eigenvalue weighted by Crippen LogP contribution is -2.32. The highest BCUT2D eigenvalue weighted by Crippen LogP contribution is 2.34. The molecule has 0 bridgehead atoms. The van der Waals surface area contributed by atoms with Gasteiger partial charge in [-0.3, -0.25) is 9.35 Å². The van der Waals surface area contributed by atoms with Crippen LogP contribution in [-0.2, 0) is 16.3 Å². The van der Waals surface area contributed by atoms with Crippen LogP contribution in [0.2, 0.25) is 0 Å². The van der Waals surface area contributed by atoms with Crippen molar-refractivity contribution in [3.05, 3.63) is 83.4 Å². The SMILES string of the molecule is CC(C)C(COc1ccc(-c2ccc(C(F)(F)F)cc2F)c(F)c1)Nc1ccc(C(=O)NCCS(=O)(=O)O)cc1. The van der Waals surface area contributed by atoms with Gasteiger partial charge in [-0.1, -0.05) is 19.9 Å². The van der Waals surface area contributed by atoms with Crippen LogP contribution in [-0.4, -0.2) is 43.8 Å². The van der Waals surface area contributed by atoms with E-state index in [0.29, 0.717) is 17.8 Å². The monoisotopic (exact) mass is 586 g/mol. The largest absolute Gasteiger partial charge is 0.491 e. The van der Waals surface area contributed by atoms with Gasteiger partial charge in [0.05, 0.1) is 17.4 Å². The van der Waals surface area contributed by atoms with E-state index in [1.165, 1.54) is 24.3 Å². The second-order valence-corrected chi connectivity index (χ2v) is 10.8. The third-order valence-corrected chi connectivity index (χ3v) is 6.63. The maximum absolute atomic E-state index is 14.8. The van der Waals surface area contributed by atoms with E-state index in [1.54, 1.807) is 12.1 Å². The Kier molecular flexibility index (Phi) is 9.74. The summed E-state index contributed by atoms with van der Waals surface area (Å²) < 4.78 is 103. The summed E-state index contributed by atoms with van der Waals surface area (Å²) >= 11 is 0. The zero-order valence-electron chi connectivity index (χ0n) is 21.4. The van der Waals surface area contributed by atoms with E-state index in [4.69, 9.17) is 9.29 Å². The number of hydrogen-bond donors (Lipinski definition) is 3. The van der Waals surface area contributed by atoms with Crippen LogP contribution in [0.3, 0.4) is 0 Å². The van der Waals surface area contributed by atoms with Crippen LogP contribution in [0.4, 0.5) is 27.6 Å². The van der Waals surface area contributed by atoms with Gasteiger partial charge in [0.1, 0.15) is 24.0 Å². The Morgan fingerprint density at radius 3 is 2.08 bits per heavy atom. The van der Waals surface area contributed by atoms with E-state index in [2.05, 4.69) is 10.6 Å². The molecule has 1 unspecified atom stereocenters. The molecule has 40 heavy (non-hydrogen) atoms. The third-order valence-electron chi connectivity index (χ3n) is 5.91. The first-order valence-electron chi connectivity index (χ1n) is 12.0. The van der Waals surface area contributed by atoms with Gasteiger partial charge < -0.3 is 15.4 Å². The summed E-state index contributed by atoms with van der Waals surface area (Å²) in [5.74, 6) is -3.00. The molecule has 0 spiro atoms. The maximum atomic E-state index is 14.8. The molecule has 3 rings (SSSR count). The zero-order valence-corrected chi connectivity index (χ0v) is 22.2. The van der Waals surface area contributed by atoms with Crippen LogP contribution in [0.1, 0.15) is 29.8 Å². The molecule has 0 aliphatic rings. The fourth-order valence-corrected chi connectivity index (χ4v) is 3.99. The van der Waals surface area contributed by atoms with Gasteiger partial charge in [0.25, 0.3) is 16.0 Å². The Bertz CT molecular complexity index is 1440. The summed E-state index contributed by atoms with van der Waals surface area (Å²) in [5.41, 5.74) is -0.766. The molecule has 0 saturated heterocycles. The number of nitrogens with one attached hydrogen (secondary N) is 2. The van der Waals surface area contributed by atoms with Gasteiger partial charge in [-0.05, 0) is 54.4 Å². The van der Waals surface area contributed by atoms with E-state index < -0.39 is 45.2 Å². The highest BCUT2D eigenvalue weighted by Gasteiger charge is 2.31. The first kappa shape index (κ1) is 30.8. The molecule has 3 aromatic carbocycles. The Morgan fingerprint density at radius 1 is 0.950 bits per heavy atom. The average molecular weight is 587 g/mol. The van der Waals surface area contributed by atoms with Gasteiger partial charge in [-0.2, -0.15) is 21.6 Å². The van der Waals surface area contributed by atoms with Crippen LogP contribution in [0, 0.1) is 17.6 Å². The second kappa shape index (κ2) is 12.6. The molecule has 0 aromatic heterocycles. The minimum atomic E-state index is -4.72. The van der Waals surface area contributed by atoms with Crippen molar-refractivity contribution in [2.24, 2.45) is 5.92 Å². The molecule has 0 aliphatic heterocycles. The van der Waals surface area contributed by atoms with Crippen molar-refractivity contribution >= 4 is 21.7 Å². The van der Waals surface area contributed by atoms with E-state index in [9.17, 15) is 35.2 Å². The minimum absolute atomic E-state index is 0.0498. The summed E-state index contributed by atoms with van der Waals surface area (Å²) in [5, 5.41) is 5.64. The first-order valence-corrected chi connectivity index (χ1v) is 13.6. The molecular weight excluding hydrogens is 559 g/mol. The van der Waals surface area contributed by atoms with Gasteiger partial charge in [-0.15, -0.1) is 0 Å². The predicted molar refractivity (Wildman–Crippen MR) is 140 cm³/mol. The topological polar surface area (TPSA) is 105 Å². The van der Waals surface area contributed by atoms with E-state index >= 15 is 0 Å². The van der Waals surface area contributed by atoms with Gasteiger partial charge in [-0.25, -0.2) is 8.78 Å². The lowest BCUT2D eigenvalue weighted by molar-refractivity contribution is -0.137. The Labute approximate surface area is 228 Å². The third kappa shape index (κ3) is 8.65. The molecular formula is C27H27F5N2O5S. The maximum Gasteiger partial charge on any atom is 0.416 e. The van der Waals surface area contributed by atoms with Crippen molar-refractivity contribution in [3.8, 4) is 16.9 Å². The van der Waals surface area contributed by atoms with Gasteiger partial charge >= 0.3 is 6.18 Å². The van der Waals surface area contributed by atoms with Gasteiger partial charge in [0, 0.05) is 35.0 Å². The number of amides is 1. The quantitative estimate of drug-likeness (QED) is 0.194. The van der Waals surface area contributed by atoms with Crippen LogP contribution in [0.15, 0.2) is 60.7 Å². The molecule has 0 fully saturated rings. The number of halogens is 5. The molecule has 0 heterocycles. The molecule has 0 radical (unpaired) electrons. The first-order chi connectivity index (χ1) is 18.6. The molecule has 1 atom stereocenters. The average Bonchev–Trinajstić information content (AvgIpc) is 2.85. The van der Waals surface area contributed by atoms with Gasteiger partial charge in [0.15, 0.2) is 0 Å². The number of anilines is 1. The Hall–Kier alpha value is -3.71. The van der Waals surface area contributed by atoms with Crippen LogP contribution in [0.25, 0.3) is 11.1 Å². The van der Waals surface area contributed by atoms with Crippen molar-refractivity contribution in [1.82, 2.24) is 5.32 Å². The summed E-state index contributed by atoms with van der Waals surface area (Å²) in [4.78, 5) is 12.1. The van der Waals surface area contributed by atoms with E-state index in [-0.39, 0.29) is 47.6 Å². The summed E-state index contributed by atoms with van der Waals surface area (Å²) in [6.45, 7) is 3.71. The smallest absolute Gasteiger partial charge is 0.416 e. The molecule has 3 N–H and O–H groups in total. The highest BCUT2D eigenvalue weighted by molar-refractivity contribution is 7.85. The number of alkyl halides is 3. The molecule has 13 heteroatoms. The lowest BCUT2D eigenvalue weighted by Gasteiger charge is -2.24. The van der Waals surface area contributed by atoms with Crippen molar-refractivity contribution in [1.29, 1.82) is 0 Å². The summed E-state index contributed by atoms with van der Waals surface area (Å²) in [6.07, 6.45) is -4.72. The zero-order chi connectivity index (χ0) is 29.7. The van der Waals surface area contributed by atoms with Crippen molar-refractivity contribution < 1.29 is 44.5 Å². The number of hydrogen-bond acceptors (Lipinski definition) is 5. The normalized spacial score (nSPS) is 12.7. The number of ether oxygens (including phenoxy) is 1. The van der Waals surface area contributed by atoms with Gasteiger partial charge in [0.2, 0.25) is 0 Å². The van der Waals surface area contributed by atoms with E-state index in [0.717, 1.165) is 12.1 Å². The lowest BCUT2D eigenvalue weighted by atomic mass is 10.0. The molecule has 216 valence electrons. The van der Waals surface area contributed by atoms with Crippen LogP contribution >= 0.6 is 0 Å². The summed E-state index contributed by atoms with van der Waals surface area (Å²) in [7, 11) is -4.19. The molecule has 3 aromatic rings. The Balaban J connectivity index is 1.62. The van der Waals surface area contributed by atoms with Crippen LogP contribution in [0.5, 0.6) is 5.75 Å². The number of carbonyl (C=O) groups excluding carboxylic acids is 1. The molecule has 1 amide bonds. The molecule has 0 saturated carbocycles. The molecule has 7 nitrogen and oxygen atoms in total. The number of carbonyl (C=O) groups is 1. The second-order valence-electron chi connectivity index (χ2n) is 9.26. The number of rotatable bonds is 11.